The number of esters is 2. The van der Waals surface area contributed by atoms with Crippen LogP contribution < -0.4 is 0 Å². The number of carbonyl (C=O) groups is 3. The van der Waals surface area contributed by atoms with Gasteiger partial charge in [0, 0.05) is 14.5 Å². The first-order chi connectivity index (χ1) is 13.8. The molecule has 0 spiro atoms. The third-order valence-electron chi connectivity index (χ3n) is 4.32. The van der Waals surface area contributed by atoms with Crippen LogP contribution in [0.25, 0.3) is 0 Å². The second kappa shape index (κ2) is 9.24. The van der Waals surface area contributed by atoms with Crippen LogP contribution in [0.4, 0.5) is 0 Å². The number of hydrogen-bond acceptors (Lipinski definition) is 5. The normalized spacial score (nSPS) is 19.4. The summed E-state index contributed by atoms with van der Waals surface area (Å²) in [5, 5.41) is -1.07. The molecule has 1 aliphatic rings. The molecule has 0 N–H and O–H groups in total. The molecule has 0 aromatic heterocycles. The highest BCUT2D eigenvalue weighted by Crippen LogP contribution is 2.30. The molecular weight excluding hydrogens is 527 g/mol. The maximum atomic E-state index is 12.5. The Kier molecular flexibility index (Phi) is 6.93. The molecule has 0 unspecified atom stereocenters. The molecule has 0 radical (unpaired) electrons. The van der Waals surface area contributed by atoms with Gasteiger partial charge in [0.25, 0.3) is 0 Å². The maximum Gasteiger partial charge on any atom is 0.338 e. The van der Waals surface area contributed by atoms with Crippen molar-refractivity contribution in [3.05, 3.63) is 80.3 Å². The summed E-state index contributed by atoms with van der Waals surface area (Å²) in [5.74, 6) is -1.59. The number of alkyl halides is 1. The van der Waals surface area contributed by atoms with E-state index in [0.29, 0.717) is 16.7 Å². The standard InChI is InChI=1S/C21H15Br2ClO5/c1-11(28-20(26)12-2-6-14(22)7-3-12)16-10-17(25)18(24)19(16)29-21(27)13-4-8-15(23)9-5-13/h2-11,18-19H,1H3/t11-,18-,19-/m1/s1. The van der Waals surface area contributed by atoms with Crippen molar-refractivity contribution < 1.29 is 23.9 Å². The first kappa shape index (κ1) is 21.7. The van der Waals surface area contributed by atoms with Crippen LogP contribution in [0.5, 0.6) is 0 Å². The number of halogens is 3. The maximum absolute atomic E-state index is 12.5. The minimum Gasteiger partial charge on any atom is -0.454 e. The molecule has 0 aliphatic heterocycles. The molecule has 3 rings (SSSR count). The van der Waals surface area contributed by atoms with E-state index < -0.39 is 35.3 Å². The summed E-state index contributed by atoms with van der Waals surface area (Å²) < 4.78 is 12.6. The fraction of sp³-hybridized carbons (Fsp3) is 0.190. The second-order valence-corrected chi connectivity index (χ2v) is 8.64. The van der Waals surface area contributed by atoms with Crippen molar-refractivity contribution in [2.75, 3.05) is 0 Å². The summed E-state index contributed by atoms with van der Waals surface area (Å²) >= 11 is 12.8. The van der Waals surface area contributed by atoms with Gasteiger partial charge in [-0.25, -0.2) is 9.59 Å². The predicted octanol–water partition coefficient (Wildman–Crippen LogP) is 5.10. The summed E-state index contributed by atoms with van der Waals surface area (Å²) in [4.78, 5) is 36.9. The van der Waals surface area contributed by atoms with Gasteiger partial charge in [0.2, 0.25) is 0 Å². The minimum absolute atomic E-state index is 0.315. The average Bonchev–Trinajstić information content (AvgIpc) is 2.97. The molecule has 2 aromatic rings. The Morgan fingerprint density at radius 2 is 1.41 bits per heavy atom. The van der Waals surface area contributed by atoms with E-state index in [1.54, 1.807) is 55.5 Å². The summed E-state index contributed by atoms with van der Waals surface area (Å²) in [5.41, 5.74) is 1.01. The average molecular weight is 543 g/mol. The molecular formula is C21H15Br2ClO5. The number of allylic oxidation sites excluding steroid dienone is 1. The number of rotatable bonds is 5. The number of carbonyl (C=O) groups excluding carboxylic acids is 3. The number of ketones is 1. The Morgan fingerprint density at radius 3 is 1.93 bits per heavy atom. The van der Waals surface area contributed by atoms with Crippen molar-refractivity contribution in [1.29, 1.82) is 0 Å². The van der Waals surface area contributed by atoms with Crippen LogP contribution in [-0.4, -0.2) is 35.3 Å². The molecule has 8 heteroatoms. The Hall–Kier alpha value is -1.96. The number of hydrogen-bond donors (Lipinski definition) is 0. The van der Waals surface area contributed by atoms with E-state index in [4.69, 9.17) is 21.1 Å². The monoisotopic (exact) mass is 540 g/mol. The lowest BCUT2D eigenvalue weighted by molar-refractivity contribution is -0.114. The zero-order valence-corrected chi connectivity index (χ0v) is 19.0. The lowest BCUT2D eigenvalue weighted by Gasteiger charge is -2.23. The van der Waals surface area contributed by atoms with Gasteiger partial charge in [0.1, 0.15) is 11.5 Å². The van der Waals surface area contributed by atoms with Crippen molar-refractivity contribution in [3.63, 3.8) is 0 Å². The van der Waals surface area contributed by atoms with Crippen LogP contribution >= 0.6 is 43.5 Å². The Bertz CT molecular complexity index is 970. The molecule has 0 saturated carbocycles. The van der Waals surface area contributed by atoms with Gasteiger partial charge in [-0.3, -0.25) is 4.79 Å². The molecule has 0 bridgehead atoms. The largest absolute Gasteiger partial charge is 0.454 e. The van der Waals surface area contributed by atoms with E-state index in [9.17, 15) is 14.4 Å². The van der Waals surface area contributed by atoms with Crippen LogP contribution in [-0.2, 0) is 14.3 Å². The van der Waals surface area contributed by atoms with Crippen molar-refractivity contribution in [3.8, 4) is 0 Å². The molecule has 0 fully saturated rings. The highest BCUT2D eigenvalue weighted by Gasteiger charge is 2.41. The van der Waals surface area contributed by atoms with Crippen LogP contribution in [0.3, 0.4) is 0 Å². The van der Waals surface area contributed by atoms with Gasteiger partial charge < -0.3 is 9.47 Å². The summed E-state index contributed by atoms with van der Waals surface area (Å²) in [6, 6.07) is 13.3. The lowest BCUT2D eigenvalue weighted by Crippen LogP contribution is -2.33. The first-order valence-corrected chi connectivity index (χ1v) is 10.6. The van der Waals surface area contributed by atoms with Crippen molar-refractivity contribution in [2.45, 2.75) is 24.5 Å². The molecule has 1 aliphatic carbocycles. The zero-order valence-electron chi connectivity index (χ0n) is 15.1. The summed E-state index contributed by atoms with van der Waals surface area (Å²) in [6.07, 6.45) is -0.550. The molecule has 0 amide bonds. The SMILES string of the molecule is C[C@@H](OC(=O)c1ccc(Br)cc1)C1=CC(=O)[C@@H](Cl)[C@@H]1OC(=O)c1ccc(Br)cc1. The van der Waals surface area contributed by atoms with E-state index in [1.807, 2.05) is 0 Å². The molecule has 0 heterocycles. The van der Waals surface area contributed by atoms with Gasteiger partial charge in [-0.05, 0) is 61.5 Å². The fourth-order valence-corrected chi connectivity index (χ4v) is 3.56. The molecule has 150 valence electrons. The van der Waals surface area contributed by atoms with Crippen molar-refractivity contribution >= 4 is 61.2 Å². The van der Waals surface area contributed by atoms with Crippen LogP contribution in [0.15, 0.2) is 69.1 Å². The first-order valence-electron chi connectivity index (χ1n) is 8.59. The fourth-order valence-electron chi connectivity index (χ4n) is 2.77. The van der Waals surface area contributed by atoms with Gasteiger partial charge in [-0.2, -0.15) is 0 Å². The van der Waals surface area contributed by atoms with Crippen LogP contribution in [0.1, 0.15) is 27.6 Å². The van der Waals surface area contributed by atoms with Crippen LogP contribution in [0, 0.1) is 0 Å². The van der Waals surface area contributed by atoms with Gasteiger partial charge in [0.05, 0.1) is 11.1 Å². The van der Waals surface area contributed by atoms with Crippen molar-refractivity contribution in [2.24, 2.45) is 0 Å². The van der Waals surface area contributed by atoms with Crippen molar-refractivity contribution in [1.82, 2.24) is 0 Å². The summed E-state index contributed by atoms with van der Waals surface area (Å²) in [6.45, 7) is 1.60. The molecule has 0 saturated heterocycles. The smallest absolute Gasteiger partial charge is 0.338 e. The number of benzene rings is 2. The lowest BCUT2D eigenvalue weighted by atomic mass is 10.1. The Balaban J connectivity index is 1.73. The highest BCUT2D eigenvalue weighted by atomic mass is 79.9. The Labute approximate surface area is 189 Å². The topological polar surface area (TPSA) is 69.7 Å². The third-order valence-corrected chi connectivity index (χ3v) is 5.82. The van der Waals surface area contributed by atoms with Crippen LogP contribution in [0.2, 0.25) is 0 Å². The van der Waals surface area contributed by atoms with E-state index >= 15 is 0 Å². The molecule has 3 atom stereocenters. The quantitative estimate of drug-likeness (QED) is 0.389. The highest BCUT2D eigenvalue weighted by molar-refractivity contribution is 9.10. The predicted molar refractivity (Wildman–Crippen MR) is 115 cm³/mol. The van der Waals surface area contributed by atoms with Gasteiger partial charge >= 0.3 is 11.9 Å². The number of ether oxygens (including phenoxy) is 2. The van der Waals surface area contributed by atoms with Gasteiger partial charge in [-0.15, -0.1) is 11.6 Å². The summed E-state index contributed by atoms with van der Waals surface area (Å²) in [7, 11) is 0. The molecule has 29 heavy (non-hydrogen) atoms. The van der Waals surface area contributed by atoms with E-state index in [1.165, 1.54) is 6.08 Å². The van der Waals surface area contributed by atoms with Gasteiger partial charge in [0.15, 0.2) is 11.9 Å². The Morgan fingerprint density at radius 1 is 0.931 bits per heavy atom. The third kappa shape index (κ3) is 5.15. The minimum atomic E-state index is -1.07. The molecule has 2 aromatic carbocycles. The van der Waals surface area contributed by atoms with Gasteiger partial charge in [-0.1, -0.05) is 31.9 Å². The zero-order chi connectivity index (χ0) is 21.1. The van der Waals surface area contributed by atoms with E-state index in [-0.39, 0.29) is 0 Å². The molecule has 5 nitrogen and oxygen atoms in total. The van der Waals surface area contributed by atoms with E-state index in [2.05, 4.69) is 31.9 Å². The van der Waals surface area contributed by atoms with E-state index in [0.717, 1.165) is 8.95 Å². The second-order valence-electron chi connectivity index (χ2n) is 6.34.